The molecule has 3 amide bonds. The second kappa shape index (κ2) is 7.84. The molecule has 0 radical (unpaired) electrons. The lowest BCUT2D eigenvalue weighted by molar-refractivity contribution is 0.0631. The molecule has 1 fully saturated rings. The Balaban J connectivity index is 1.29. The van der Waals surface area contributed by atoms with E-state index in [9.17, 15) is 9.59 Å². The molecule has 2 aromatic rings. The van der Waals surface area contributed by atoms with Crippen LogP contribution < -0.4 is 14.8 Å². The Bertz CT molecular complexity index is 844. The molecule has 1 unspecified atom stereocenters. The number of nitrogens with one attached hydrogen (secondary N) is 1. The molecule has 1 aromatic carbocycles. The number of hydrogen-bond acceptors (Lipinski definition) is 5. The predicted molar refractivity (Wildman–Crippen MR) is 101 cm³/mol. The minimum absolute atomic E-state index is 0.102. The first-order chi connectivity index (χ1) is 13.6. The molecule has 1 N–H and O–H groups in total. The quantitative estimate of drug-likeness (QED) is 0.870. The maximum Gasteiger partial charge on any atom is 0.317 e. The fourth-order valence-corrected chi connectivity index (χ4v) is 3.53. The van der Waals surface area contributed by atoms with Crippen LogP contribution >= 0.6 is 0 Å². The Morgan fingerprint density at radius 3 is 2.64 bits per heavy atom. The molecule has 28 heavy (non-hydrogen) atoms. The SMILES string of the molecule is COc1ccc2c(c1)CC(NC(=O)N1CCN(C(=O)c3ccco3)CC1)CO2. The van der Waals surface area contributed by atoms with Crippen molar-refractivity contribution in [2.75, 3.05) is 39.9 Å². The molecule has 148 valence electrons. The summed E-state index contributed by atoms with van der Waals surface area (Å²) < 4.78 is 16.2. The zero-order chi connectivity index (χ0) is 19.5. The third-order valence-electron chi connectivity index (χ3n) is 5.09. The van der Waals surface area contributed by atoms with Crippen LogP contribution in [0.4, 0.5) is 4.79 Å². The zero-order valence-electron chi connectivity index (χ0n) is 15.7. The number of methoxy groups -OCH3 is 1. The van der Waals surface area contributed by atoms with Crippen molar-refractivity contribution < 1.29 is 23.5 Å². The molecule has 0 aliphatic carbocycles. The van der Waals surface area contributed by atoms with Gasteiger partial charge in [0, 0.05) is 26.2 Å². The van der Waals surface area contributed by atoms with E-state index in [1.807, 2.05) is 18.2 Å². The van der Waals surface area contributed by atoms with Crippen molar-refractivity contribution in [1.29, 1.82) is 0 Å². The molecule has 1 atom stereocenters. The summed E-state index contributed by atoms with van der Waals surface area (Å²) in [5.74, 6) is 1.78. The molecule has 0 spiro atoms. The van der Waals surface area contributed by atoms with Crippen LogP contribution in [0, 0.1) is 0 Å². The van der Waals surface area contributed by atoms with E-state index < -0.39 is 0 Å². The first kappa shape index (κ1) is 18.2. The van der Waals surface area contributed by atoms with Gasteiger partial charge in [-0.15, -0.1) is 0 Å². The number of urea groups is 1. The number of benzene rings is 1. The number of piperazine rings is 1. The Morgan fingerprint density at radius 2 is 1.93 bits per heavy atom. The number of amides is 3. The van der Waals surface area contributed by atoms with Gasteiger partial charge in [-0.2, -0.15) is 0 Å². The highest BCUT2D eigenvalue weighted by Gasteiger charge is 2.28. The molecule has 8 nitrogen and oxygen atoms in total. The lowest BCUT2D eigenvalue weighted by Crippen LogP contribution is -2.55. The lowest BCUT2D eigenvalue weighted by atomic mass is 10.0. The third-order valence-corrected chi connectivity index (χ3v) is 5.09. The third kappa shape index (κ3) is 3.76. The number of nitrogens with zero attached hydrogens (tertiary/aromatic N) is 2. The molecule has 1 saturated heterocycles. The standard InChI is InChI=1S/C20H23N3O5/c1-26-16-4-5-17-14(12-16)11-15(13-28-17)21-20(25)23-8-6-22(7-9-23)19(24)18-3-2-10-27-18/h2-5,10,12,15H,6-9,11,13H2,1H3,(H,21,25). The number of fused-ring (bicyclic) bond motifs is 1. The molecule has 2 aliphatic rings. The minimum Gasteiger partial charge on any atom is -0.497 e. The van der Waals surface area contributed by atoms with Gasteiger partial charge in [0.05, 0.1) is 19.4 Å². The lowest BCUT2D eigenvalue weighted by Gasteiger charge is -2.35. The average molecular weight is 385 g/mol. The van der Waals surface area contributed by atoms with E-state index in [1.165, 1.54) is 6.26 Å². The summed E-state index contributed by atoms with van der Waals surface area (Å²) in [7, 11) is 1.63. The van der Waals surface area contributed by atoms with Crippen LogP contribution in [0.25, 0.3) is 0 Å². The van der Waals surface area contributed by atoms with Gasteiger partial charge in [-0.25, -0.2) is 4.79 Å². The van der Waals surface area contributed by atoms with Crippen molar-refractivity contribution in [2.24, 2.45) is 0 Å². The van der Waals surface area contributed by atoms with Crippen LogP contribution in [0.5, 0.6) is 11.5 Å². The van der Waals surface area contributed by atoms with E-state index in [0.717, 1.165) is 17.1 Å². The highest BCUT2D eigenvalue weighted by atomic mass is 16.5. The van der Waals surface area contributed by atoms with Crippen molar-refractivity contribution in [3.63, 3.8) is 0 Å². The van der Waals surface area contributed by atoms with Gasteiger partial charge in [0.2, 0.25) is 0 Å². The van der Waals surface area contributed by atoms with Crippen molar-refractivity contribution in [3.8, 4) is 11.5 Å². The molecule has 8 heteroatoms. The van der Waals surface area contributed by atoms with E-state index in [1.54, 1.807) is 29.0 Å². The van der Waals surface area contributed by atoms with Gasteiger partial charge in [-0.1, -0.05) is 0 Å². The largest absolute Gasteiger partial charge is 0.497 e. The van der Waals surface area contributed by atoms with Gasteiger partial charge in [0.15, 0.2) is 5.76 Å². The van der Waals surface area contributed by atoms with Gasteiger partial charge in [-0.3, -0.25) is 4.79 Å². The summed E-state index contributed by atoms with van der Waals surface area (Å²) in [4.78, 5) is 28.4. The van der Waals surface area contributed by atoms with Crippen molar-refractivity contribution in [1.82, 2.24) is 15.1 Å². The van der Waals surface area contributed by atoms with E-state index in [0.29, 0.717) is 45.0 Å². The summed E-state index contributed by atoms with van der Waals surface area (Å²) in [6.45, 7) is 2.36. The van der Waals surface area contributed by atoms with Crippen LogP contribution in [-0.2, 0) is 6.42 Å². The summed E-state index contributed by atoms with van der Waals surface area (Å²) in [5.41, 5.74) is 1.02. The molecule has 0 saturated carbocycles. The van der Waals surface area contributed by atoms with Crippen molar-refractivity contribution >= 4 is 11.9 Å². The molecular weight excluding hydrogens is 362 g/mol. The molecule has 4 rings (SSSR count). The Hall–Kier alpha value is -3.16. The monoisotopic (exact) mass is 385 g/mol. The fourth-order valence-electron chi connectivity index (χ4n) is 3.53. The van der Waals surface area contributed by atoms with Gasteiger partial charge in [0.25, 0.3) is 5.91 Å². The maximum atomic E-state index is 12.6. The number of ether oxygens (including phenoxy) is 2. The van der Waals surface area contributed by atoms with Crippen LogP contribution in [0.1, 0.15) is 16.1 Å². The molecule has 2 aliphatic heterocycles. The number of rotatable bonds is 3. The first-order valence-corrected chi connectivity index (χ1v) is 9.32. The van der Waals surface area contributed by atoms with Gasteiger partial charge in [0.1, 0.15) is 18.1 Å². The smallest absolute Gasteiger partial charge is 0.317 e. The minimum atomic E-state index is -0.142. The second-order valence-corrected chi connectivity index (χ2v) is 6.89. The van der Waals surface area contributed by atoms with Crippen molar-refractivity contribution in [3.05, 3.63) is 47.9 Å². The Labute approximate surface area is 163 Å². The number of carbonyl (C=O) groups is 2. The van der Waals surface area contributed by atoms with Crippen LogP contribution in [-0.4, -0.2) is 67.7 Å². The normalized spacial score (nSPS) is 18.8. The topological polar surface area (TPSA) is 84.3 Å². The number of carbonyl (C=O) groups excluding carboxylic acids is 2. The summed E-state index contributed by atoms with van der Waals surface area (Å²) in [6.07, 6.45) is 2.17. The highest BCUT2D eigenvalue weighted by Crippen LogP contribution is 2.28. The van der Waals surface area contributed by atoms with Crippen LogP contribution in [0.2, 0.25) is 0 Å². The van der Waals surface area contributed by atoms with E-state index >= 15 is 0 Å². The Kier molecular flexibility index (Phi) is 5.10. The van der Waals surface area contributed by atoms with Gasteiger partial charge >= 0.3 is 6.03 Å². The molecule has 1 aromatic heterocycles. The van der Waals surface area contributed by atoms with Crippen LogP contribution in [0.3, 0.4) is 0 Å². The predicted octanol–water partition coefficient (Wildman–Crippen LogP) is 1.76. The number of hydrogen-bond donors (Lipinski definition) is 1. The molecule has 0 bridgehead atoms. The van der Waals surface area contributed by atoms with Crippen LogP contribution in [0.15, 0.2) is 41.0 Å². The second-order valence-electron chi connectivity index (χ2n) is 6.89. The first-order valence-electron chi connectivity index (χ1n) is 9.32. The van der Waals surface area contributed by atoms with E-state index in [-0.39, 0.29) is 18.0 Å². The van der Waals surface area contributed by atoms with E-state index in [4.69, 9.17) is 13.9 Å². The maximum absolute atomic E-state index is 12.6. The average Bonchev–Trinajstić information content (AvgIpc) is 3.27. The zero-order valence-corrected chi connectivity index (χ0v) is 15.7. The summed E-state index contributed by atoms with van der Waals surface area (Å²) >= 11 is 0. The Morgan fingerprint density at radius 1 is 1.14 bits per heavy atom. The molecular formula is C20H23N3O5. The molecule has 3 heterocycles. The number of furan rings is 1. The van der Waals surface area contributed by atoms with Gasteiger partial charge in [-0.05, 0) is 42.3 Å². The van der Waals surface area contributed by atoms with Crippen molar-refractivity contribution in [2.45, 2.75) is 12.5 Å². The highest BCUT2D eigenvalue weighted by molar-refractivity contribution is 5.91. The van der Waals surface area contributed by atoms with E-state index in [2.05, 4.69) is 5.32 Å². The fraction of sp³-hybridized carbons (Fsp3) is 0.400. The summed E-state index contributed by atoms with van der Waals surface area (Å²) in [6, 6.07) is 8.80. The summed E-state index contributed by atoms with van der Waals surface area (Å²) in [5, 5.41) is 3.04. The van der Waals surface area contributed by atoms with Gasteiger partial charge < -0.3 is 29.0 Å².